The number of carbonyl (C=O) groups excluding carboxylic acids is 1. The second-order valence-electron chi connectivity index (χ2n) is 5.00. The molecule has 1 aromatic heterocycles. The van der Waals surface area contributed by atoms with Crippen molar-refractivity contribution in [2.24, 2.45) is 5.92 Å². The molecule has 0 saturated heterocycles. The minimum Gasteiger partial charge on any atom is -0.346 e. The molecule has 1 aromatic carbocycles. The first-order chi connectivity index (χ1) is 8.81. The van der Waals surface area contributed by atoms with E-state index in [4.69, 9.17) is 5.26 Å². The number of aromatic nitrogens is 1. The zero-order valence-corrected chi connectivity index (χ0v) is 10.1. The van der Waals surface area contributed by atoms with Crippen molar-refractivity contribution >= 4 is 17.2 Å². The van der Waals surface area contributed by atoms with Crippen LogP contribution in [-0.4, -0.2) is 10.9 Å². The number of hydrogen-bond donors (Lipinski definition) is 0. The zero-order chi connectivity index (χ0) is 12.5. The SMILES string of the molecule is N#Cc1ccc2c(C=O)cn(CC3CCC3)c2c1. The van der Waals surface area contributed by atoms with Crippen molar-refractivity contribution in [2.45, 2.75) is 25.8 Å². The van der Waals surface area contributed by atoms with Gasteiger partial charge in [-0.15, -0.1) is 0 Å². The largest absolute Gasteiger partial charge is 0.346 e. The van der Waals surface area contributed by atoms with Gasteiger partial charge in [-0.3, -0.25) is 4.79 Å². The monoisotopic (exact) mass is 238 g/mol. The molecule has 1 aliphatic rings. The lowest BCUT2D eigenvalue weighted by molar-refractivity contribution is 0.112. The van der Waals surface area contributed by atoms with E-state index in [9.17, 15) is 4.79 Å². The average molecular weight is 238 g/mol. The number of aldehydes is 1. The van der Waals surface area contributed by atoms with Crippen molar-refractivity contribution in [3.05, 3.63) is 35.5 Å². The van der Waals surface area contributed by atoms with Crippen LogP contribution in [0.2, 0.25) is 0 Å². The molecule has 0 aliphatic heterocycles. The summed E-state index contributed by atoms with van der Waals surface area (Å²) < 4.78 is 2.13. The first-order valence-electron chi connectivity index (χ1n) is 6.30. The molecule has 1 fully saturated rings. The Labute approximate surface area is 106 Å². The first-order valence-corrected chi connectivity index (χ1v) is 6.30. The number of carbonyl (C=O) groups is 1. The van der Waals surface area contributed by atoms with Crippen molar-refractivity contribution in [2.75, 3.05) is 0 Å². The van der Waals surface area contributed by atoms with Gasteiger partial charge >= 0.3 is 0 Å². The number of fused-ring (bicyclic) bond motifs is 1. The second-order valence-corrected chi connectivity index (χ2v) is 5.00. The van der Waals surface area contributed by atoms with E-state index in [1.54, 1.807) is 6.07 Å². The molecule has 18 heavy (non-hydrogen) atoms. The number of nitriles is 1. The van der Waals surface area contributed by atoms with Gasteiger partial charge in [0.1, 0.15) is 0 Å². The van der Waals surface area contributed by atoms with Gasteiger partial charge < -0.3 is 4.57 Å². The third-order valence-electron chi connectivity index (χ3n) is 3.85. The molecule has 0 atom stereocenters. The van der Waals surface area contributed by atoms with Crippen LogP contribution in [0.15, 0.2) is 24.4 Å². The van der Waals surface area contributed by atoms with Gasteiger partial charge in [0.25, 0.3) is 0 Å². The molecule has 0 radical (unpaired) electrons. The number of nitrogens with zero attached hydrogens (tertiary/aromatic N) is 2. The Kier molecular flexibility index (Phi) is 2.64. The van der Waals surface area contributed by atoms with Crippen molar-refractivity contribution in [1.29, 1.82) is 5.26 Å². The molecular weight excluding hydrogens is 224 g/mol. The Balaban J connectivity index is 2.10. The van der Waals surface area contributed by atoms with E-state index in [2.05, 4.69) is 10.6 Å². The normalized spacial score (nSPS) is 15.3. The molecule has 3 rings (SSSR count). The summed E-state index contributed by atoms with van der Waals surface area (Å²) in [5.74, 6) is 0.728. The van der Waals surface area contributed by atoms with Crippen LogP contribution in [0.4, 0.5) is 0 Å². The van der Waals surface area contributed by atoms with E-state index >= 15 is 0 Å². The quantitative estimate of drug-likeness (QED) is 0.771. The van der Waals surface area contributed by atoms with Gasteiger partial charge in [-0.2, -0.15) is 5.26 Å². The molecule has 90 valence electrons. The highest BCUT2D eigenvalue weighted by Crippen LogP contribution is 2.30. The molecule has 1 aliphatic carbocycles. The molecule has 2 aromatic rings. The smallest absolute Gasteiger partial charge is 0.152 e. The fourth-order valence-electron chi connectivity index (χ4n) is 2.59. The van der Waals surface area contributed by atoms with Crippen LogP contribution in [0.5, 0.6) is 0 Å². The van der Waals surface area contributed by atoms with Gasteiger partial charge in [0.2, 0.25) is 0 Å². The maximum absolute atomic E-state index is 11.1. The molecule has 0 spiro atoms. The molecule has 3 nitrogen and oxygen atoms in total. The van der Waals surface area contributed by atoms with Crippen LogP contribution in [-0.2, 0) is 6.54 Å². The summed E-state index contributed by atoms with van der Waals surface area (Å²) in [4.78, 5) is 11.1. The second kappa shape index (κ2) is 4.30. The van der Waals surface area contributed by atoms with Gasteiger partial charge in [0.15, 0.2) is 6.29 Å². The Morgan fingerprint density at radius 1 is 1.44 bits per heavy atom. The van der Waals surface area contributed by atoms with Crippen LogP contribution in [0.3, 0.4) is 0 Å². The molecule has 0 N–H and O–H groups in total. The third kappa shape index (κ3) is 1.70. The Morgan fingerprint density at radius 3 is 2.89 bits per heavy atom. The summed E-state index contributed by atoms with van der Waals surface area (Å²) in [6.45, 7) is 0.958. The van der Waals surface area contributed by atoms with E-state index in [1.807, 2.05) is 18.3 Å². The zero-order valence-electron chi connectivity index (χ0n) is 10.1. The summed E-state index contributed by atoms with van der Waals surface area (Å²) in [5, 5.41) is 9.91. The average Bonchev–Trinajstić information content (AvgIpc) is 2.71. The molecular formula is C15H14N2O. The predicted octanol–water partition coefficient (Wildman–Crippen LogP) is 3.13. The number of rotatable bonds is 3. The third-order valence-corrected chi connectivity index (χ3v) is 3.85. The molecule has 3 heteroatoms. The van der Waals surface area contributed by atoms with Crippen molar-refractivity contribution in [3.8, 4) is 6.07 Å². The summed E-state index contributed by atoms with van der Waals surface area (Å²) in [7, 11) is 0. The Morgan fingerprint density at radius 2 is 2.28 bits per heavy atom. The van der Waals surface area contributed by atoms with E-state index in [0.29, 0.717) is 11.1 Å². The standard InChI is InChI=1S/C15H14N2O/c16-7-12-4-5-14-13(10-18)9-17(15(14)6-12)8-11-2-1-3-11/h4-6,9-11H,1-3,8H2. The molecule has 0 bridgehead atoms. The van der Waals surface area contributed by atoms with Crippen LogP contribution >= 0.6 is 0 Å². The minimum absolute atomic E-state index is 0.646. The molecule has 1 saturated carbocycles. The molecule has 0 unspecified atom stereocenters. The summed E-state index contributed by atoms with van der Waals surface area (Å²) >= 11 is 0. The fourth-order valence-corrected chi connectivity index (χ4v) is 2.59. The van der Waals surface area contributed by atoms with Crippen molar-refractivity contribution in [3.63, 3.8) is 0 Å². The maximum atomic E-state index is 11.1. The number of hydrogen-bond acceptors (Lipinski definition) is 2. The topological polar surface area (TPSA) is 45.8 Å². The lowest BCUT2D eigenvalue weighted by Gasteiger charge is -2.26. The predicted molar refractivity (Wildman–Crippen MR) is 69.4 cm³/mol. The summed E-state index contributed by atoms with van der Waals surface area (Å²) in [5.41, 5.74) is 2.37. The number of benzene rings is 1. The van der Waals surface area contributed by atoms with Gasteiger partial charge in [0, 0.05) is 23.7 Å². The Bertz CT molecular complexity index is 644. The highest BCUT2D eigenvalue weighted by Gasteiger charge is 2.19. The van der Waals surface area contributed by atoms with Crippen LogP contribution < -0.4 is 0 Å². The Hall–Kier alpha value is -2.08. The summed E-state index contributed by atoms with van der Waals surface area (Å²) in [6.07, 6.45) is 6.67. The van der Waals surface area contributed by atoms with Gasteiger partial charge in [-0.25, -0.2) is 0 Å². The maximum Gasteiger partial charge on any atom is 0.152 e. The summed E-state index contributed by atoms with van der Waals surface area (Å²) in [6, 6.07) is 7.67. The van der Waals surface area contributed by atoms with Crippen molar-refractivity contribution in [1.82, 2.24) is 4.57 Å². The van der Waals surface area contributed by atoms with E-state index in [1.165, 1.54) is 19.3 Å². The van der Waals surface area contributed by atoms with Gasteiger partial charge in [-0.1, -0.05) is 12.5 Å². The van der Waals surface area contributed by atoms with Gasteiger partial charge in [-0.05, 0) is 30.9 Å². The van der Waals surface area contributed by atoms with Crippen molar-refractivity contribution < 1.29 is 4.79 Å². The fraction of sp³-hybridized carbons (Fsp3) is 0.333. The first kappa shape index (κ1) is 11.0. The van der Waals surface area contributed by atoms with Crippen LogP contribution in [0.25, 0.3) is 10.9 Å². The van der Waals surface area contributed by atoms with E-state index in [0.717, 1.165) is 29.7 Å². The van der Waals surface area contributed by atoms with Gasteiger partial charge in [0.05, 0.1) is 17.1 Å². The van der Waals surface area contributed by atoms with E-state index < -0.39 is 0 Å². The lowest BCUT2D eigenvalue weighted by atomic mass is 9.85. The molecule has 0 amide bonds. The minimum atomic E-state index is 0.646. The van der Waals surface area contributed by atoms with E-state index in [-0.39, 0.29) is 0 Å². The van der Waals surface area contributed by atoms with Crippen LogP contribution in [0.1, 0.15) is 35.2 Å². The highest BCUT2D eigenvalue weighted by molar-refractivity contribution is 5.98. The van der Waals surface area contributed by atoms with Crippen LogP contribution in [0, 0.1) is 17.2 Å². The highest BCUT2D eigenvalue weighted by atomic mass is 16.1. The lowest BCUT2D eigenvalue weighted by Crippen LogP contribution is -2.17. The molecule has 1 heterocycles.